The highest BCUT2D eigenvalue weighted by molar-refractivity contribution is 5.99. The third-order valence-electron chi connectivity index (χ3n) is 5.66. The molecule has 0 aliphatic carbocycles. The van der Waals surface area contributed by atoms with E-state index in [-0.39, 0.29) is 31.2 Å². The number of halogens is 1. The summed E-state index contributed by atoms with van der Waals surface area (Å²) in [5, 5.41) is 45.4. The number of fused-ring (bicyclic) bond motifs is 1. The predicted molar refractivity (Wildman–Crippen MR) is 137 cm³/mol. The molecular formula is C26H24ClN7O6. The van der Waals surface area contributed by atoms with Crippen LogP contribution < -0.4 is 22.3 Å². The van der Waals surface area contributed by atoms with Crippen molar-refractivity contribution in [3.63, 3.8) is 0 Å². The van der Waals surface area contributed by atoms with Crippen LogP contribution >= 0.6 is 0 Å². The van der Waals surface area contributed by atoms with Crippen molar-refractivity contribution in [1.82, 2.24) is 9.13 Å². The lowest BCUT2D eigenvalue weighted by Crippen LogP contribution is -3.00. The minimum absolute atomic E-state index is 0. The molecule has 0 fully saturated rings. The van der Waals surface area contributed by atoms with Gasteiger partial charge in [0.2, 0.25) is 11.9 Å². The first kappa shape index (κ1) is 29.4. The highest BCUT2D eigenvalue weighted by Gasteiger charge is 2.30. The maximum absolute atomic E-state index is 12.1. The Morgan fingerprint density at radius 2 is 1.57 bits per heavy atom. The molecule has 0 radical (unpaired) electrons. The summed E-state index contributed by atoms with van der Waals surface area (Å²) in [4.78, 5) is 34.5. The molecule has 0 aliphatic heterocycles. The molecule has 0 bridgehead atoms. The third-order valence-corrected chi connectivity index (χ3v) is 5.66. The van der Waals surface area contributed by atoms with E-state index in [4.69, 9.17) is 5.11 Å². The molecule has 40 heavy (non-hydrogen) atoms. The van der Waals surface area contributed by atoms with Crippen molar-refractivity contribution in [2.75, 3.05) is 6.54 Å². The Balaban J connectivity index is 0.00000441. The Morgan fingerprint density at radius 1 is 0.900 bits per heavy atom. The number of azo groups is 1. The van der Waals surface area contributed by atoms with E-state index in [1.807, 2.05) is 6.07 Å². The van der Waals surface area contributed by atoms with Crippen molar-refractivity contribution >= 4 is 34.9 Å². The molecule has 2 aromatic carbocycles. The number of pyridine rings is 1. The van der Waals surface area contributed by atoms with Gasteiger partial charge in [-0.05, 0) is 24.3 Å². The van der Waals surface area contributed by atoms with Crippen LogP contribution in [0.4, 0.5) is 4.79 Å². The van der Waals surface area contributed by atoms with Gasteiger partial charge in [-0.2, -0.15) is 9.91 Å². The molecular weight excluding hydrogens is 542 g/mol. The summed E-state index contributed by atoms with van der Waals surface area (Å²) in [5.41, 5.74) is 1.35. The van der Waals surface area contributed by atoms with Gasteiger partial charge in [-0.1, -0.05) is 42.5 Å². The standard InChI is InChI=1S/C26H23N7O6.ClH/c34-23(35)12-15-31-13-10-19(11-14-31)28-30-24(18-6-2-1-3-7-18)29-27-16-22(25(36)37)32-17-33(26(38)39)21-9-5-4-8-20(21)32;/h1-11,13-14,17,22H,12,15-16H2,(H2-,34,35,36,37,38,39);1H. The molecule has 2 aromatic heterocycles. The van der Waals surface area contributed by atoms with E-state index < -0.39 is 24.1 Å². The minimum atomic E-state index is -1.25. The van der Waals surface area contributed by atoms with Gasteiger partial charge in [-0.25, -0.2) is 9.36 Å². The van der Waals surface area contributed by atoms with Crippen LogP contribution in [0.1, 0.15) is 18.0 Å². The van der Waals surface area contributed by atoms with Crippen LogP contribution in [0.15, 0.2) is 106 Å². The summed E-state index contributed by atoms with van der Waals surface area (Å²) in [5.74, 6) is -1.97. The average Bonchev–Trinajstić information content (AvgIpc) is 3.32. The van der Waals surface area contributed by atoms with Crippen LogP contribution in [0.3, 0.4) is 0 Å². The number of amidine groups is 1. The summed E-state index contributed by atoms with van der Waals surface area (Å²) in [6, 6.07) is 17.5. The van der Waals surface area contributed by atoms with Gasteiger partial charge in [0.25, 0.3) is 6.33 Å². The molecule has 3 N–H and O–H groups in total. The fourth-order valence-electron chi connectivity index (χ4n) is 3.72. The Kier molecular flexibility index (Phi) is 9.97. The second-order valence-corrected chi connectivity index (χ2v) is 8.27. The summed E-state index contributed by atoms with van der Waals surface area (Å²) in [6.45, 7) is 0.0185. The van der Waals surface area contributed by atoms with Crippen molar-refractivity contribution in [3.05, 3.63) is 96.4 Å². The number of nitrogens with zero attached hydrogens (tertiary/aromatic N) is 7. The first-order valence-electron chi connectivity index (χ1n) is 11.7. The van der Waals surface area contributed by atoms with Crippen molar-refractivity contribution in [2.24, 2.45) is 20.4 Å². The van der Waals surface area contributed by atoms with E-state index in [2.05, 4.69) is 20.4 Å². The minimum Gasteiger partial charge on any atom is -1.00 e. The van der Waals surface area contributed by atoms with Gasteiger partial charge in [0, 0.05) is 24.5 Å². The number of carbonyl (C=O) groups is 3. The van der Waals surface area contributed by atoms with Crippen molar-refractivity contribution in [1.29, 1.82) is 0 Å². The topological polar surface area (TPSA) is 175 Å². The molecule has 0 aliphatic rings. The zero-order chi connectivity index (χ0) is 27.8. The smallest absolute Gasteiger partial charge is 0.509 e. The number of aliphatic carboxylic acids is 2. The lowest BCUT2D eigenvalue weighted by Gasteiger charge is -2.06. The summed E-state index contributed by atoms with van der Waals surface area (Å²) in [6.07, 6.45) is 3.32. The van der Waals surface area contributed by atoms with E-state index >= 15 is 0 Å². The highest BCUT2D eigenvalue weighted by Crippen LogP contribution is 2.14. The van der Waals surface area contributed by atoms with Crippen molar-refractivity contribution in [3.8, 4) is 0 Å². The first-order valence-corrected chi connectivity index (χ1v) is 11.7. The number of hydrogen-bond donors (Lipinski definition) is 3. The van der Waals surface area contributed by atoms with Crippen LogP contribution in [-0.4, -0.2) is 54.9 Å². The largest absolute Gasteiger partial charge is 1.00 e. The van der Waals surface area contributed by atoms with Crippen LogP contribution in [0, 0.1) is 0 Å². The number of carboxylic acid groups (broad SMARTS) is 3. The molecule has 0 saturated heterocycles. The maximum atomic E-state index is 12.1. The molecule has 1 unspecified atom stereocenters. The molecule has 0 amide bonds. The van der Waals surface area contributed by atoms with E-state index in [1.54, 1.807) is 77.6 Å². The first-order chi connectivity index (χ1) is 18.8. The highest BCUT2D eigenvalue weighted by atomic mass is 35.5. The molecule has 4 aromatic rings. The third kappa shape index (κ3) is 7.23. The number of carboxylic acids is 2. The van der Waals surface area contributed by atoms with Gasteiger partial charge < -0.3 is 32.3 Å². The molecule has 0 saturated carbocycles. The Hall–Kier alpha value is -5.17. The van der Waals surface area contributed by atoms with Crippen LogP contribution in [0.2, 0.25) is 0 Å². The normalized spacial score (nSPS) is 12.2. The molecule has 14 heteroatoms. The average molecular weight is 566 g/mol. The van der Waals surface area contributed by atoms with Crippen LogP contribution in [-0.2, 0) is 16.1 Å². The van der Waals surface area contributed by atoms with Crippen molar-refractivity contribution in [2.45, 2.75) is 19.0 Å². The summed E-state index contributed by atoms with van der Waals surface area (Å²) >= 11 is 0. The number of aromatic nitrogens is 3. The van der Waals surface area contributed by atoms with Crippen LogP contribution in [0.25, 0.3) is 11.0 Å². The predicted octanol–water partition coefficient (Wildman–Crippen LogP) is -0.224. The second kappa shape index (κ2) is 13.6. The maximum Gasteiger partial charge on any atom is 0.509 e. The summed E-state index contributed by atoms with van der Waals surface area (Å²) < 4.78 is 3.99. The summed E-state index contributed by atoms with van der Waals surface area (Å²) in [7, 11) is 0. The zero-order valence-corrected chi connectivity index (χ0v) is 21.6. The van der Waals surface area contributed by atoms with E-state index in [9.17, 15) is 24.6 Å². The van der Waals surface area contributed by atoms with Gasteiger partial charge in [0.1, 0.15) is 6.54 Å². The number of hydrogen-bond acceptors (Lipinski definition) is 6. The Morgan fingerprint density at radius 3 is 2.23 bits per heavy atom. The number of para-hydroxylation sites is 2. The molecule has 0 spiro atoms. The SMILES string of the molecule is O=C(O)CCn1ccc(=NN=C(N=NCC(C(=O)O)[n+]2cn(C(=O)O)c3ccccc32)c2ccccc2)cc1.[Cl-]. The number of imidazole rings is 1. The molecule has 13 nitrogen and oxygen atoms in total. The molecule has 4 rings (SSSR count). The zero-order valence-electron chi connectivity index (χ0n) is 20.9. The molecule has 1 atom stereocenters. The number of benzene rings is 2. The van der Waals surface area contributed by atoms with E-state index in [0.29, 0.717) is 28.5 Å². The second-order valence-electron chi connectivity index (χ2n) is 8.27. The van der Waals surface area contributed by atoms with Gasteiger partial charge in [0.15, 0.2) is 11.0 Å². The fraction of sp³-hybridized carbons (Fsp3) is 0.154. The lowest BCUT2D eigenvalue weighted by atomic mass is 10.2. The Bertz CT molecular complexity index is 1630. The van der Waals surface area contributed by atoms with Crippen molar-refractivity contribution < 1.29 is 46.7 Å². The molecule has 206 valence electrons. The van der Waals surface area contributed by atoms with Gasteiger partial charge in [0.05, 0.1) is 11.8 Å². The fourth-order valence-corrected chi connectivity index (χ4v) is 3.72. The quantitative estimate of drug-likeness (QED) is 0.0830. The van der Waals surface area contributed by atoms with Gasteiger partial charge in [-0.15, -0.1) is 19.9 Å². The number of aryl methyl sites for hydroxylation is 1. The van der Waals surface area contributed by atoms with Crippen LogP contribution in [0.5, 0.6) is 0 Å². The monoisotopic (exact) mass is 565 g/mol. The van der Waals surface area contributed by atoms with Gasteiger partial charge >= 0.3 is 18.0 Å². The molecule has 2 heterocycles. The van der Waals surface area contributed by atoms with Gasteiger partial charge in [-0.3, -0.25) is 4.79 Å². The number of rotatable bonds is 9. The Labute approximate surface area is 233 Å². The lowest BCUT2D eigenvalue weighted by molar-refractivity contribution is -0.683. The van der Waals surface area contributed by atoms with E-state index in [0.717, 1.165) is 4.57 Å². The van der Waals surface area contributed by atoms with E-state index in [1.165, 1.54) is 10.9 Å².